The minimum atomic E-state index is -0.487. The number of phenolic OH excluding ortho intramolecular Hbond substituents is 1. The molecule has 0 heterocycles. The van der Waals surface area contributed by atoms with Crippen molar-refractivity contribution in [3.63, 3.8) is 0 Å². The van der Waals surface area contributed by atoms with E-state index in [1.54, 1.807) is 37.5 Å². The molecule has 0 saturated carbocycles. The second kappa shape index (κ2) is 8.84. The van der Waals surface area contributed by atoms with Gasteiger partial charge in [-0.2, -0.15) is 0 Å². The Morgan fingerprint density at radius 3 is 1.78 bits per heavy atom. The molecule has 0 aromatic heterocycles. The first-order valence-corrected chi connectivity index (χ1v) is 7.97. The van der Waals surface area contributed by atoms with E-state index in [0.29, 0.717) is 5.75 Å². The average molecular weight is 374 g/mol. The van der Waals surface area contributed by atoms with Gasteiger partial charge in [0.05, 0.1) is 35.5 Å². The molecule has 0 amide bonds. The molecule has 0 atom stereocenters. The summed E-state index contributed by atoms with van der Waals surface area (Å²) in [6.45, 7) is 0. The van der Waals surface area contributed by atoms with Gasteiger partial charge in [0.2, 0.25) is 17.2 Å². The van der Waals surface area contributed by atoms with Crippen LogP contribution >= 0.6 is 0 Å². The highest BCUT2D eigenvalue weighted by molar-refractivity contribution is 6.12. The van der Waals surface area contributed by atoms with E-state index in [0.717, 1.165) is 5.56 Å². The Bertz CT molecular complexity index is 839. The number of phenols is 1. The Morgan fingerprint density at radius 2 is 1.30 bits per heavy atom. The molecule has 2 aromatic rings. The predicted octanol–water partition coefficient (Wildman–Crippen LogP) is 3.33. The van der Waals surface area contributed by atoms with Crippen molar-refractivity contribution in [2.45, 2.75) is 0 Å². The molecular weight excluding hydrogens is 352 g/mol. The van der Waals surface area contributed by atoms with Gasteiger partial charge in [0.25, 0.3) is 0 Å². The fourth-order valence-corrected chi connectivity index (χ4v) is 2.60. The van der Waals surface area contributed by atoms with E-state index in [1.807, 2.05) is 0 Å². The van der Waals surface area contributed by atoms with Gasteiger partial charge in [-0.05, 0) is 23.8 Å². The molecule has 0 aliphatic carbocycles. The SMILES string of the molecule is COc1ccc(C=CC(=O)c2c(O)c(OC)c(OC)c(OC)c2OC)cc1. The van der Waals surface area contributed by atoms with Crippen LogP contribution < -0.4 is 23.7 Å². The van der Waals surface area contributed by atoms with E-state index >= 15 is 0 Å². The number of rotatable bonds is 8. The fraction of sp³-hybridized carbons (Fsp3) is 0.250. The summed E-state index contributed by atoms with van der Waals surface area (Å²) in [6.07, 6.45) is 2.94. The smallest absolute Gasteiger partial charge is 0.211 e. The fourth-order valence-electron chi connectivity index (χ4n) is 2.60. The molecule has 144 valence electrons. The molecule has 7 nitrogen and oxygen atoms in total. The summed E-state index contributed by atoms with van der Waals surface area (Å²) in [4.78, 5) is 12.8. The van der Waals surface area contributed by atoms with Crippen LogP contribution in [0.25, 0.3) is 6.08 Å². The van der Waals surface area contributed by atoms with Gasteiger partial charge in [-0.3, -0.25) is 4.79 Å². The largest absolute Gasteiger partial charge is 0.504 e. The zero-order valence-electron chi connectivity index (χ0n) is 15.9. The van der Waals surface area contributed by atoms with Crippen LogP contribution in [0.3, 0.4) is 0 Å². The molecule has 0 radical (unpaired) electrons. The van der Waals surface area contributed by atoms with Gasteiger partial charge < -0.3 is 28.8 Å². The Kier molecular flexibility index (Phi) is 6.54. The molecule has 0 unspecified atom stereocenters. The normalized spacial score (nSPS) is 10.6. The Hall–Kier alpha value is -3.35. The van der Waals surface area contributed by atoms with Gasteiger partial charge in [0.15, 0.2) is 17.3 Å². The molecule has 0 bridgehead atoms. The van der Waals surface area contributed by atoms with Gasteiger partial charge in [-0.15, -0.1) is 0 Å². The van der Waals surface area contributed by atoms with Gasteiger partial charge in [0, 0.05) is 0 Å². The van der Waals surface area contributed by atoms with Crippen LogP contribution in [0.15, 0.2) is 30.3 Å². The maximum absolute atomic E-state index is 12.8. The van der Waals surface area contributed by atoms with Crippen LogP contribution in [0, 0.1) is 0 Å². The molecular formula is C20H22O7. The Labute approximate surface area is 157 Å². The maximum Gasteiger partial charge on any atom is 0.211 e. The first-order valence-electron chi connectivity index (χ1n) is 7.97. The number of carbonyl (C=O) groups excluding carboxylic acids is 1. The number of hydrogen-bond acceptors (Lipinski definition) is 7. The van der Waals surface area contributed by atoms with Crippen LogP contribution in [0.5, 0.6) is 34.5 Å². The van der Waals surface area contributed by atoms with E-state index in [-0.39, 0.29) is 28.6 Å². The van der Waals surface area contributed by atoms with E-state index in [4.69, 9.17) is 23.7 Å². The summed E-state index contributed by atoms with van der Waals surface area (Å²) in [7, 11) is 7.09. The monoisotopic (exact) mass is 374 g/mol. The first kappa shape index (κ1) is 20.0. The van der Waals surface area contributed by atoms with Crippen molar-refractivity contribution < 1.29 is 33.6 Å². The number of benzene rings is 2. The van der Waals surface area contributed by atoms with Crippen molar-refractivity contribution in [3.8, 4) is 34.5 Å². The highest BCUT2D eigenvalue weighted by Crippen LogP contribution is 2.53. The number of hydrogen-bond donors (Lipinski definition) is 1. The molecule has 0 fully saturated rings. The van der Waals surface area contributed by atoms with Crippen LogP contribution in [0.4, 0.5) is 0 Å². The molecule has 7 heteroatoms. The molecule has 0 spiro atoms. The third-order valence-corrected chi connectivity index (χ3v) is 3.90. The van der Waals surface area contributed by atoms with Crippen molar-refractivity contribution >= 4 is 11.9 Å². The van der Waals surface area contributed by atoms with Crippen molar-refractivity contribution in [2.24, 2.45) is 0 Å². The number of ketones is 1. The van der Waals surface area contributed by atoms with Crippen molar-refractivity contribution in [3.05, 3.63) is 41.5 Å². The quantitative estimate of drug-likeness (QED) is 0.560. The number of aromatic hydroxyl groups is 1. The van der Waals surface area contributed by atoms with Gasteiger partial charge >= 0.3 is 0 Å². The lowest BCUT2D eigenvalue weighted by molar-refractivity contribution is 0.104. The lowest BCUT2D eigenvalue weighted by Crippen LogP contribution is -2.05. The maximum atomic E-state index is 12.8. The second-order valence-corrected chi connectivity index (χ2v) is 5.33. The molecule has 27 heavy (non-hydrogen) atoms. The zero-order chi connectivity index (χ0) is 20.0. The summed E-state index contributed by atoms with van der Waals surface area (Å²) in [5, 5.41) is 10.6. The number of allylic oxidation sites excluding steroid dienone is 1. The predicted molar refractivity (Wildman–Crippen MR) is 101 cm³/mol. The van der Waals surface area contributed by atoms with Crippen molar-refractivity contribution in [1.29, 1.82) is 0 Å². The summed E-state index contributed by atoms with van der Waals surface area (Å²) in [5.41, 5.74) is 0.701. The Morgan fingerprint density at radius 1 is 0.778 bits per heavy atom. The summed E-state index contributed by atoms with van der Waals surface area (Å²) >= 11 is 0. The van der Waals surface area contributed by atoms with E-state index in [9.17, 15) is 9.90 Å². The van der Waals surface area contributed by atoms with Crippen LogP contribution in [0.2, 0.25) is 0 Å². The zero-order valence-corrected chi connectivity index (χ0v) is 15.9. The second-order valence-electron chi connectivity index (χ2n) is 5.33. The van der Waals surface area contributed by atoms with E-state index in [1.165, 1.54) is 34.5 Å². The lowest BCUT2D eigenvalue weighted by Gasteiger charge is -2.19. The van der Waals surface area contributed by atoms with Gasteiger partial charge in [-0.1, -0.05) is 18.2 Å². The minimum absolute atomic E-state index is 0.0173. The minimum Gasteiger partial charge on any atom is -0.504 e. The average Bonchev–Trinajstić information content (AvgIpc) is 2.70. The van der Waals surface area contributed by atoms with Crippen molar-refractivity contribution in [2.75, 3.05) is 35.5 Å². The van der Waals surface area contributed by atoms with Crippen LogP contribution in [-0.4, -0.2) is 46.4 Å². The number of carbonyl (C=O) groups is 1. The molecule has 0 saturated heterocycles. The summed E-state index contributed by atoms with van der Waals surface area (Å²) in [6, 6.07) is 7.16. The third kappa shape index (κ3) is 3.92. The highest BCUT2D eigenvalue weighted by Gasteiger charge is 2.30. The third-order valence-electron chi connectivity index (χ3n) is 3.90. The topological polar surface area (TPSA) is 83.5 Å². The summed E-state index contributed by atoms with van der Waals surface area (Å²) < 4.78 is 26.1. The lowest BCUT2D eigenvalue weighted by atomic mass is 10.0. The van der Waals surface area contributed by atoms with E-state index < -0.39 is 11.5 Å². The van der Waals surface area contributed by atoms with Gasteiger partial charge in [-0.25, -0.2) is 0 Å². The first-order chi connectivity index (χ1) is 13.0. The highest BCUT2D eigenvalue weighted by atomic mass is 16.5. The summed E-state index contributed by atoms with van der Waals surface area (Å²) in [5.74, 6) is 0.146. The standard InChI is InChI=1S/C20H22O7/c1-23-13-9-6-12(7-10-13)8-11-14(21)15-16(22)18(25-3)20(27-5)19(26-4)17(15)24-2/h6-11,22H,1-5H3. The van der Waals surface area contributed by atoms with Crippen LogP contribution in [-0.2, 0) is 0 Å². The number of ether oxygens (including phenoxy) is 5. The van der Waals surface area contributed by atoms with E-state index in [2.05, 4.69) is 0 Å². The Balaban J connectivity index is 2.51. The molecule has 2 rings (SSSR count). The van der Waals surface area contributed by atoms with Gasteiger partial charge in [0.1, 0.15) is 11.3 Å². The number of methoxy groups -OCH3 is 5. The molecule has 2 aromatic carbocycles. The van der Waals surface area contributed by atoms with Crippen LogP contribution in [0.1, 0.15) is 15.9 Å². The molecule has 0 aliphatic rings. The molecule has 0 aliphatic heterocycles. The molecule has 1 N–H and O–H groups in total. The van der Waals surface area contributed by atoms with Crippen molar-refractivity contribution in [1.82, 2.24) is 0 Å².